The Balaban J connectivity index is 2.46. The molecule has 1 aromatic rings. The van der Waals surface area contributed by atoms with E-state index in [0.29, 0.717) is 19.7 Å². The van der Waals surface area contributed by atoms with Crippen molar-refractivity contribution in [2.45, 2.75) is 19.5 Å². The predicted octanol–water partition coefficient (Wildman–Crippen LogP) is -0.839. The number of hydrogen-bond acceptors (Lipinski definition) is 4. The number of H-pyrrole nitrogens is 1. The molecule has 0 amide bonds. The molecule has 0 saturated heterocycles. The molecule has 1 aromatic heterocycles. The van der Waals surface area contributed by atoms with E-state index < -0.39 is 0 Å². The van der Waals surface area contributed by atoms with Gasteiger partial charge in [-0.05, 0) is 6.92 Å². The monoisotopic (exact) mass is 227 g/mol. The van der Waals surface area contributed by atoms with Crippen molar-refractivity contribution in [1.29, 1.82) is 0 Å². The normalized spacial score (nSPS) is 12.6. The highest BCUT2D eigenvalue weighted by Gasteiger charge is 2.00. The van der Waals surface area contributed by atoms with Crippen molar-refractivity contribution >= 4 is 0 Å². The summed E-state index contributed by atoms with van der Waals surface area (Å²) in [6.07, 6.45) is 0. The van der Waals surface area contributed by atoms with Crippen LogP contribution in [-0.2, 0) is 11.3 Å². The highest BCUT2D eigenvalue weighted by Crippen LogP contribution is 1.81. The molecule has 0 bridgehead atoms. The van der Waals surface area contributed by atoms with Gasteiger partial charge in [-0.1, -0.05) is 0 Å². The molecule has 0 unspecified atom stereocenters. The van der Waals surface area contributed by atoms with Gasteiger partial charge in [0.05, 0.1) is 13.2 Å². The molecule has 0 aliphatic carbocycles. The molecule has 0 spiro atoms. The van der Waals surface area contributed by atoms with E-state index in [1.807, 2.05) is 6.92 Å². The lowest BCUT2D eigenvalue weighted by molar-refractivity contribution is 0.171. The lowest BCUT2D eigenvalue weighted by atomic mass is 10.3. The van der Waals surface area contributed by atoms with E-state index in [4.69, 9.17) is 4.74 Å². The first-order valence-electron chi connectivity index (χ1n) is 5.16. The maximum Gasteiger partial charge on any atom is 0.265 e. The number of nitrogens with zero attached hydrogens (tertiary/aromatic N) is 1. The van der Waals surface area contributed by atoms with E-state index in [9.17, 15) is 9.59 Å². The van der Waals surface area contributed by atoms with Crippen LogP contribution in [0.3, 0.4) is 0 Å². The fourth-order valence-electron chi connectivity index (χ4n) is 1.36. The van der Waals surface area contributed by atoms with Crippen molar-refractivity contribution in [2.24, 2.45) is 0 Å². The summed E-state index contributed by atoms with van der Waals surface area (Å²) in [6, 6.07) is 2.70. The van der Waals surface area contributed by atoms with Gasteiger partial charge in [0.25, 0.3) is 11.1 Å². The number of rotatable bonds is 6. The third kappa shape index (κ3) is 4.00. The number of ether oxygens (including phenoxy) is 1. The minimum atomic E-state index is -0.274. The second-order valence-corrected chi connectivity index (χ2v) is 3.61. The van der Waals surface area contributed by atoms with Crippen molar-refractivity contribution in [3.8, 4) is 0 Å². The standard InChI is InChI=1S/C10H17N3O3/c1-8(7-16-2)11-5-6-13-10(15)4-3-9(14)12-13/h3-4,8,11H,5-7H2,1-2H3,(H,12,14)/t8-/m1/s1. The zero-order valence-corrected chi connectivity index (χ0v) is 9.53. The third-order valence-corrected chi connectivity index (χ3v) is 2.13. The van der Waals surface area contributed by atoms with Crippen molar-refractivity contribution in [3.63, 3.8) is 0 Å². The SMILES string of the molecule is COC[C@@H](C)NCCn1[nH]c(=O)ccc1=O. The molecular weight excluding hydrogens is 210 g/mol. The number of hydrogen-bond donors (Lipinski definition) is 2. The molecule has 0 aliphatic heterocycles. The lowest BCUT2D eigenvalue weighted by Crippen LogP contribution is -2.36. The Hall–Kier alpha value is -1.40. The number of aromatic amines is 1. The van der Waals surface area contributed by atoms with Gasteiger partial charge in [-0.25, -0.2) is 4.68 Å². The zero-order chi connectivity index (χ0) is 12.0. The van der Waals surface area contributed by atoms with E-state index in [2.05, 4.69) is 10.4 Å². The fourth-order valence-corrected chi connectivity index (χ4v) is 1.36. The molecule has 0 aromatic carbocycles. The van der Waals surface area contributed by atoms with E-state index >= 15 is 0 Å². The molecule has 0 saturated carbocycles. The summed E-state index contributed by atoms with van der Waals surface area (Å²) in [7, 11) is 1.64. The van der Waals surface area contributed by atoms with Gasteiger partial charge in [0.1, 0.15) is 0 Å². The summed E-state index contributed by atoms with van der Waals surface area (Å²) < 4.78 is 6.25. The molecule has 90 valence electrons. The van der Waals surface area contributed by atoms with Gasteiger partial charge in [0.15, 0.2) is 0 Å². The van der Waals surface area contributed by atoms with Crippen LogP contribution in [-0.4, -0.2) is 36.1 Å². The van der Waals surface area contributed by atoms with Crippen molar-refractivity contribution in [2.75, 3.05) is 20.3 Å². The molecule has 0 fully saturated rings. The van der Waals surface area contributed by atoms with Gasteiger partial charge in [0.2, 0.25) is 0 Å². The molecule has 6 nitrogen and oxygen atoms in total. The first-order chi connectivity index (χ1) is 7.63. The topological polar surface area (TPSA) is 76.1 Å². The largest absolute Gasteiger partial charge is 0.383 e. The Morgan fingerprint density at radius 2 is 2.25 bits per heavy atom. The third-order valence-electron chi connectivity index (χ3n) is 2.13. The minimum Gasteiger partial charge on any atom is -0.383 e. The van der Waals surface area contributed by atoms with Crippen molar-refractivity contribution in [1.82, 2.24) is 15.1 Å². The summed E-state index contributed by atoms with van der Waals surface area (Å²) in [6.45, 7) is 3.63. The van der Waals surface area contributed by atoms with Crippen LogP contribution in [0.5, 0.6) is 0 Å². The summed E-state index contributed by atoms with van der Waals surface area (Å²) in [5, 5.41) is 5.63. The Bertz CT molecular complexity index is 424. The summed E-state index contributed by atoms with van der Waals surface area (Å²) in [5.74, 6) is 0. The van der Waals surface area contributed by atoms with E-state index in [1.165, 1.54) is 16.8 Å². The maximum atomic E-state index is 11.3. The van der Waals surface area contributed by atoms with Crippen LogP contribution >= 0.6 is 0 Å². The molecule has 16 heavy (non-hydrogen) atoms. The first-order valence-corrected chi connectivity index (χ1v) is 5.16. The molecule has 0 aliphatic rings. The van der Waals surface area contributed by atoms with E-state index in [1.54, 1.807) is 7.11 Å². The number of aromatic nitrogens is 2. The average molecular weight is 227 g/mol. The molecular formula is C10H17N3O3. The van der Waals surface area contributed by atoms with Crippen LogP contribution in [0.15, 0.2) is 21.7 Å². The smallest absolute Gasteiger partial charge is 0.265 e. The second-order valence-electron chi connectivity index (χ2n) is 3.61. The Kier molecular flexibility index (Phi) is 4.94. The minimum absolute atomic E-state index is 0.208. The van der Waals surface area contributed by atoms with Crippen LogP contribution in [0.1, 0.15) is 6.92 Å². The Labute approximate surface area is 93.2 Å². The molecule has 1 rings (SSSR count). The summed E-state index contributed by atoms with van der Waals surface area (Å²) >= 11 is 0. The van der Waals surface area contributed by atoms with Gasteiger partial charge in [-0.15, -0.1) is 0 Å². The van der Waals surface area contributed by atoms with Gasteiger partial charge >= 0.3 is 0 Å². The average Bonchev–Trinajstić information content (AvgIpc) is 2.23. The predicted molar refractivity (Wildman–Crippen MR) is 60.7 cm³/mol. The molecule has 1 heterocycles. The second kappa shape index (κ2) is 6.24. The zero-order valence-electron chi connectivity index (χ0n) is 9.53. The van der Waals surface area contributed by atoms with Crippen LogP contribution in [0.4, 0.5) is 0 Å². The van der Waals surface area contributed by atoms with Gasteiger partial charge in [-0.2, -0.15) is 0 Å². The highest BCUT2D eigenvalue weighted by atomic mass is 16.5. The molecule has 0 radical (unpaired) electrons. The van der Waals surface area contributed by atoms with Crippen LogP contribution in [0.2, 0.25) is 0 Å². The number of methoxy groups -OCH3 is 1. The van der Waals surface area contributed by atoms with Crippen LogP contribution in [0, 0.1) is 0 Å². The fraction of sp³-hybridized carbons (Fsp3) is 0.600. The van der Waals surface area contributed by atoms with Crippen molar-refractivity contribution in [3.05, 3.63) is 32.8 Å². The first kappa shape index (κ1) is 12.7. The number of nitrogens with one attached hydrogen (secondary N) is 2. The Morgan fingerprint density at radius 1 is 1.50 bits per heavy atom. The lowest BCUT2D eigenvalue weighted by Gasteiger charge is -2.12. The van der Waals surface area contributed by atoms with E-state index in [0.717, 1.165) is 0 Å². The summed E-state index contributed by atoms with van der Waals surface area (Å²) in [4.78, 5) is 22.3. The molecule has 6 heteroatoms. The van der Waals surface area contributed by atoms with Gasteiger partial charge in [0, 0.05) is 31.8 Å². The Morgan fingerprint density at radius 3 is 2.94 bits per heavy atom. The maximum absolute atomic E-state index is 11.3. The highest BCUT2D eigenvalue weighted by molar-refractivity contribution is 4.85. The molecule has 1 atom stereocenters. The van der Waals surface area contributed by atoms with Crippen LogP contribution < -0.4 is 16.4 Å². The quantitative estimate of drug-likeness (QED) is 0.664. The van der Waals surface area contributed by atoms with Crippen molar-refractivity contribution < 1.29 is 4.74 Å². The van der Waals surface area contributed by atoms with Gasteiger partial charge < -0.3 is 10.1 Å². The van der Waals surface area contributed by atoms with Crippen LogP contribution in [0.25, 0.3) is 0 Å². The molecule has 2 N–H and O–H groups in total. The van der Waals surface area contributed by atoms with E-state index in [-0.39, 0.29) is 17.2 Å². The summed E-state index contributed by atoms with van der Waals surface area (Å²) in [5.41, 5.74) is -0.481. The van der Waals surface area contributed by atoms with Gasteiger partial charge in [-0.3, -0.25) is 14.7 Å².